The topological polar surface area (TPSA) is 66.2 Å². The van der Waals surface area contributed by atoms with Crippen LogP contribution in [0.4, 0.5) is 0 Å². The van der Waals surface area contributed by atoms with Gasteiger partial charge in [-0.3, -0.25) is 0 Å². The Morgan fingerprint density at radius 1 is 0.467 bits per heavy atom. The summed E-state index contributed by atoms with van der Waals surface area (Å²) in [5.74, 6) is 0. The molecule has 0 aliphatic heterocycles. The molecule has 1 radical (unpaired) electrons. The molecule has 4 aromatic carbocycles. The summed E-state index contributed by atoms with van der Waals surface area (Å²) in [6.07, 6.45) is -1.22. The van der Waals surface area contributed by atoms with Crippen LogP contribution in [0.3, 0.4) is 0 Å². The van der Waals surface area contributed by atoms with E-state index in [-0.39, 0.29) is 22.4 Å². The van der Waals surface area contributed by atoms with Gasteiger partial charge in [0.25, 0.3) is 0 Å². The summed E-state index contributed by atoms with van der Waals surface area (Å²) in [7, 11) is 0. The molecule has 30 heavy (non-hydrogen) atoms. The zero-order chi connectivity index (χ0) is 20.5. The Labute approximate surface area is 191 Å². The van der Waals surface area contributed by atoms with Crippen LogP contribution < -0.4 is 21.9 Å². The van der Waals surface area contributed by atoms with Crippen molar-refractivity contribution in [2.45, 2.75) is 0 Å². The van der Waals surface area contributed by atoms with E-state index in [0.717, 1.165) is 0 Å². The smallest absolute Gasteiger partial charge is 0.356 e. The predicted molar refractivity (Wildman–Crippen MR) is 120 cm³/mol. The van der Waals surface area contributed by atoms with E-state index < -0.39 is 11.2 Å². The summed E-state index contributed by atoms with van der Waals surface area (Å²) in [5, 5.41) is 14.8. The molecule has 0 aromatic heterocycles. The maximum absolute atomic E-state index is 8.25. The van der Waals surface area contributed by atoms with Gasteiger partial charge in [0.05, 0.1) is 5.09 Å². The molecule has 0 heterocycles. The van der Waals surface area contributed by atoms with Gasteiger partial charge in [0.15, 0.2) is 0 Å². The third-order valence-corrected chi connectivity index (χ3v) is 5.20. The third-order valence-electron chi connectivity index (χ3n) is 5.20. The zero-order valence-corrected chi connectivity index (χ0v) is 17.6. The van der Waals surface area contributed by atoms with Crippen LogP contribution in [0.1, 0.15) is 0 Å². The minimum atomic E-state index is -1.75. The number of hydrogen-bond acceptors (Lipinski definition) is 3. The number of hydrogen-bond donors (Lipinski definition) is 0. The first-order valence-electron chi connectivity index (χ1n) is 9.35. The fraction of sp³-hybridized carbons (Fsp3) is 0. The quantitative estimate of drug-likeness (QED) is 0.252. The summed E-state index contributed by atoms with van der Waals surface area (Å²) in [4.78, 5) is 8.25. The van der Waals surface area contributed by atoms with Crippen molar-refractivity contribution < 1.29 is 27.5 Å². The Bertz CT molecular complexity index is 866. The molecule has 0 N–H and O–H groups in total. The molecule has 0 saturated carbocycles. The van der Waals surface area contributed by atoms with Crippen molar-refractivity contribution >= 4 is 28.0 Å². The van der Waals surface area contributed by atoms with E-state index in [0.29, 0.717) is 0 Å². The largest absolute Gasteiger partial charge is 2.00 e. The number of benzene rings is 4. The maximum atomic E-state index is 8.25. The van der Waals surface area contributed by atoms with Gasteiger partial charge in [-0.1, -0.05) is 121 Å². The monoisotopic (exact) mass is 488 g/mol. The molecular formula is C24H20AgBNO3. The molecule has 0 spiro atoms. The van der Waals surface area contributed by atoms with E-state index in [2.05, 4.69) is 121 Å². The van der Waals surface area contributed by atoms with Crippen molar-refractivity contribution in [3.63, 3.8) is 0 Å². The Balaban J connectivity index is 0.000000591. The molecule has 4 aromatic rings. The first-order valence-corrected chi connectivity index (χ1v) is 9.35. The Morgan fingerprint density at radius 2 is 0.633 bits per heavy atom. The van der Waals surface area contributed by atoms with E-state index in [4.69, 9.17) is 15.3 Å². The fourth-order valence-corrected chi connectivity index (χ4v) is 4.12. The summed E-state index contributed by atoms with van der Waals surface area (Å²) < 4.78 is 0. The summed E-state index contributed by atoms with van der Waals surface area (Å²) in [6.45, 7) is 0. The zero-order valence-electron chi connectivity index (χ0n) is 16.1. The first kappa shape index (κ1) is 23.2. The molecule has 0 bridgehead atoms. The van der Waals surface area contributed by atoms with Gasteiger partial charge in [0, 0.05) is 0 Å². The first-order chi connectivity index (χ1) is 14.2. The Morgan fingerprint density at radius 3 is 0.800 bits per heavy atom. The molecule has 0 aliphatic rings. The Kier molecular flexibility index (Phi) is 8.62. The molecule has 6 heteroatoms. The van der Waals surface area contributed by atoms with Crippen LogP contribution in [0.5, 0.6) is 0 Å². The maximum Gasteiger partial charge on any atom is 2.00 e. The Hall–Kier alpha value is -3.11. The molecule has 0 aliphatic carbocycles. The normalized spacial score (nSPS) is 10.1. The van der Waals surface area contributed by atoms with Crippen LogP contribution in [0.2, 0.25) is 0 Å². The van der Waals surface area contributed by atoms with Crippen LogP contribution >= 0.6 is 0 Å². The summed E-state index contributed by atoms with van der Waals surface area (Å²) in [6, 6.07) is 43.5. The van der Waals surface area contributed by atoms with E-state index in [1.807, 2.05) is 0 Å². The van der Waals surface area contributed by atoms with Crippen molar-refractivity contribution in [3.8, 4) is 0 Å². The second-order valence-electron chi connectivity index (χ2n) is 6.73. The van der Waals surface area contributed by atoms with E-state index in [1.54, 1.807) is 0 Å². The molecule has 4 nitrogen and oxygen atoms in total. The predicted octanol–water partition coefficient (Wildman–Crippen LogP) is 2.82. The average molecular weight is 489 g/mol. The molecule has 0 amide bonds. The summed E-state index contributed by atoms with van der Waals surface area (Å²) >= 11 is 0. The minimum Gasteiger partial charge on any atom is -0.356 e. The van der Waals surface area contributed by atoms with E-state index in [9.17, 15) is 0 Å². The van der Waals surface area contributed by atoms with Gasteiger partial charge in [0.1, 0.15) is 6.15 Å². The fourth-order valence-electron chi connectivity index (χ4n) is 4.12. The van der Waals surface area contributed by atoms with Gasteiger partial charge in [-0.2, -0.15) is 21.9 Å². The van der Waals surface area contributed by atoms with Gasteiger partial charge in [0.2, 0.25) is 0 Å². The van der Waals surface area contributed by atoms with Crippen LogP contribution in [0.15, 0.2) is 121 Å². The van der Waals surface area contributed by atoms with Gasteiger partial charge in [-0.25, -0.2) is 0 Å². The van der Waals surface area contributed by atoms with Gasteiger partial charge >= 0.3 is 22.4 Å². The average Bonchev–Trinajstić information content (AvgIpc) is 2.77. The molecule has 0 fully saturated rings. The number of nitrogens with zero attached hydrogens (tertiary/aromatic N) is 1. The van der Waals surface area contributed by atoms with Gasteiger partial charge < -0.3 is 15.3 Å². The molecule has 0 unspecified atom stereocenters. The van der Waals surface area contributed by atoms with Gasteiger partial charge in [-0.15, -0.1) is 0 Å². The summed E-state index contributed by atoms with van der Waals surface area (Å²) in [5.41, 5.74) is 5.36. The minimum absolute atomic E-state index is 0. The van der Waals surface area contributed by atoms with Crippen molar-refractivity contribution in [2.24, 2.45) is 0 Å². The standard InChI is InChI=1S/C24H20B.Ag.NO3/c1-5-13-21(14-6-1)25(22-15-7-2-8-16-22,23-17-9-3-10-18-23)24-19-11-4-12-20-24;;2-1(3)4/h1-20H;;/q-1;+2;-1. The SMILES string of the molecule is O=[N+]([O-])[O-].[Ag+2].c1ccc([B-](c2ccccc2)(c2ccccc2)c2ccccc2)cc1. The van der Waals surface area contributed by atoms with Crippen molar-refractivity contribution in [1.82, 2.24) is 0 Å². The third kappa shape index (κ3) is 5.08. The second-order valence-corrected chi connectivity index (χ2v) is 6.73. The van der Waals surface area contributed by atoms with Crippen LogP contribution in [0, 0.1) is 15.3 Å². The van der Waals surface area contributed by atoms with Crippen molar-refractivity contribution in [3.05, 3.63) is 137 Å². The van der Waals surface area contributed by atoms with E-state index >= 15 is 0 Å². The van der Waals surface area contributed by atoms with Gasteiger partial charge in [-0.05, 0) is 0 Å². The molecule has 0 atom stereocenters. The molecule has 153 valence electrons. The molecule has 4 rings (SSSR count). The number of rotatable bonds is 4. The van der Waals surface area contributed by atoms with Crippen LogP contribution in [-0.2, 0) is 22.4 Å². The van der Waals surface area contributed by atoms with Crippen LogP contribution in [-0.4, -0.2) is 11.2 Å². The van der Waals surface area contributed by atoms with Crippen molar-refractivity contribution in [2.75, 3.05) is 0 Å². The molecular weight excluding hydrogens is 469 g/mol. The van der Waals surface area contributed by atoms with Crippen molar-refractivity contribution in [1.29, 1.82) is 0 Å². The van der Waals surface area contributed by atoms with E-state index in [1.165, 1.54) is 21.9 Å². The van der Waals surface area contributed by atoms with Crippen LogP contribution in [0.25, 0.3) is 0 Å². The molecule has 0 saturated heterocycles. The second kappa shape index (κ2) is 11.2.